The molecule has 0 bridgehead atoms. The topological polar surface area (TPSA) is 55.1 Å². The number of rotatable bonds is 3. The third-order valence-corrected chi connectivity index (χ3v) is 3.89. The van der Waals surface area contributed by atoms with Crippen LogP contribution in [0.25, 0.3) is 0 Å². The van der Waals surface area contributed by atoms with E-state index in [-0.39, 0.29) is 5.91 Å². The number of aryl methyl sites for hydroxylation is 1. The molecule has 1 aromatic carbocycles. The van der Waals surface area contributed by atoms with Crippen molar-refractivity contribution in [2.45, 2.75) is 20.4 Å². The molecule has 0 saturated heterocycles. The van der Waals surface area contributed by atoms with Crippen LogP contribution in [0.15, 0.2) is 29.0 Å². The highest BCUT2D eigenvalue weighted by atomic mass is 32.1. The Balaban J connectivity index is 2.06. The first kappa shape index (κ1) is 12.6. The molecule has 0 aliphatic carbocycles. The van der Waals surface area contributed by atoms with Crippen molar-refractivity contribution < 1.29 is 4.79 Å². The second-order valence-corrected chi connectivity index (χ2v) is 5.03. The summed E-state index contributed by atoms with van der Waals surface area (Å²) in [4.78, 5) is 12.0. The van der Waals surface area contributed by atoms with E-state index in [1.54, 1.807) is 11.3 Å². The maximum atomic E-state index is 12.0. The summed E-state index contributed by atoms with van der Waals surface area (Å²) in [6, 6.07) is 5.75. The Kier molecular flexibility index (Phi) is 3.67. The van der Waals surface area contributed by atoms with Gasteiger partial charge in [0.05, 0.1) is 5.56 Å². The lowest BCUT2D eigenvalue weighted by molar-refractivity contribution is 0.0951. The van der Waals surface area contributed by atoms with Crippen molar-refractivity contribution in [2.24, 2.45) is 0 Å². The van der Waals surface area contributed by atoms with E-state index < -0.39 is 0 Å². The predicted octanol–water partition coefficient (Wildman–Crippen LogP) is 2.88. The summed E-state index contributed by atoms with van der Waals surface area (Å²) in [5, 5.41) is 6.77. The van der Waals surface area contributed by atoms with Gasteiger partial charge in [-0.15, -0.1) is 0 Å². The number of nitrogen functional groups attached to an aromatic ring is 1. The second kappa shape index (κ2) is 5.23. The van der Waals surface area contributed by atoms with Crippen molar-refractivity contribution in [2.75, 3.05) is 5.73 Å². The van der Waals surface area contributed by atoms with Gasteiger partial charge in [-0.25, -0.2) is 0 Å². The molecule has 2 aromatic rings. The first-order valence-electron chi connectivity index (χ1n) is 5.74. The minimum absolute atomic E-state index is 0.0319. The molecule has 1 amide bonds. The summed E-state index contributed by atoms with van der Waals surface area (Å²) in [6.07, 6.45) is 0. The summed E-state index contributed by atoms with van der Waals surface area (Å²) in [5.41, 5.74) is 10.4. The molecule has 3 nitrogen and oxygen atoms in total. The lowest BCUT2D eigenvalue weighted by Gasteiger charge is -2.09. The van der Waals surface area contributed by atoms with E-state index >= 15 is 0 Å². The number of hydrogen-bond donors (Lipinski definition) is 2. The van der Waals surface area contributed by atoms with Gasteiger partial charge in [-0.2, -0.15) is 11.3 Å². The van der Waals surface area contributed by atoms with Crippen molar-refractivity contribution in [3.63, 3.8) is 0 Å². The number of anilines is 1. The lowest BCUT2D eigenvalue weighted by Crippen LogP contribution is -2.23. The Morgan fingerprint density at radius 2 is 2.11 bits per heavy atom. The van der Waals surface area contributed by atoms with E-state index in [4.69, 9.17) is 5.73 Å². The zero-order chi connectivity index (χ0) is 13.1. The summed E-state index contributed by atoms with van der Waals surface area (Å²) >= 11 is 1.54. The number of hydrogen-bond acceptors (Lipinski definition) is 3. The Morgan fingerprint density at radius 3 is 2.78 bits per heavy atom. The van der Waals surface area contributed by atoms with Crippen LogP contribution < -0.4 is 11.1 Å². The third-order valence-electron chi connectivity index (χ3n) is 3.03. The fourth-order valence-corrected chi connectivity index (χ4v) is 2.59. The van der Waals surface area contributed by atoms with E-state index in [0.29, 0.717) is 6.54 Å². The molecular weight excluding hydrogens is 244 g/mol. The van der Waals surface area contributed by atoms with Gasteiger partial charge in [0, 0.05) is 17.6 Å². The van der Waals surface area contributed by atoms with E-state index in [0.717, 1.165) is 27.9 Å². The van der Waals surface area contributed by atoms with Gasteiger partial charge in [0.25, 0.3) is 5.91 Å². The monoisotopic (exact) mass is 260 g/mol. The predicted molar refractivity (Wildman–Crippen MR) is 75.8 cm³/mol. The minimum Gasteiger partial charge on any atom is -0.399 e. The van der Waals surface area contributed by atoms with E-state index in [1.165, 1.54) is 0 Å². The minimum atomic E-state index is -0.0319. The van der Waals surface area contributed by atoms with Crippen LogP contribution in [0.1, 0.15) is 27.0 Å². The SMILES string of the molecule is Cc1cscc1C(=O)NCc1cccc(N)c1C. The molecule has 18 heavy (non-hydrogen) atoms. The van der Waals surface area contributed by atoms with Crippen LogP contribution >= 0.6 is 11.3 Å². The van der Waals surface area contributed by atoms with Crippen LogP contribution in [0.2, 0.25) is 0 Å². The average Bonchev–Trinajstić information content (AvgIpc) is 2.77. The van der Waals surface area contributed by atoms with Crippen molar-refractivity contribution in [1.29, 1.82) is 0 Å². The Labute approximate surface area is 111 Å². The number of carbonyl (C=O) groups excluding carboxylic acids is 1. The molecule has 0 aliphatic rings. The van der Waals surface area contributed by atoms with E-state index in [9.17, 15) is 4.79 Å². The normalized spacial score (nSPS) is 10.3. The number of thiophene rings is 1. The fourth-order valence-electron chi connectivity index (χ4n) is 1.76. The highest BCUT2D eigenvalue weighted by molar-refractivity contribution is 7.08. The van der Waals surface area contributed by atoms with E-state index in [2.05, 4.69) is 5.32 Å². The second-order valence-electron chi connectivity index (χ2n) is 4.28. The third kappa shape index (κ3) is 2.54. The average molecular weight is 260 g/mol. The molecule has 0 unspecified atom stereocenters. The summed E-state index contributed by atoms with van der Waals surface area (Å²) < 4.78 is 0. The van der Waals surface area contributed by atoms with Crippen molar-refractivity contribution >= 4 is 22.9 Å². The van der Waals surface area contributed by atoms with Crippen LogP contribution in [0.3, 0.4) is 0 Å². The van der Waals surface area contributed by atoms with Crippen molar-refractivity contribution in [1.82, 2.24) is 5.32 Å². The number of nitrogens with one attached hydrogen (secondary N) is 1. The first-order valence-corrected chi connectivity index (χ1v) is 6.69. The van der Waals surface area contributed by atoms with Gasteiger partial charge in [0.2, 0.25) is 0 Å². The first-order chi connectivity index (χ1) is 8.59. The Morgan fingerprint density at radius 1 is 1.33 bits per heavy atom. The molecule has 0 saturated carbocycles. The molecular formula is C14H16N2OS. The van der Waals surface area contributed by atoms with Gasteiger partial charge in [-0.1, -0.05) is 12.1 Å². The molecule has 0 radical (unpaired) electrons. The number of nitrogens with two attached hydrogens (primary N) is 1. The molecule has 3 N–H and O–H groups in total. The van der Waals surface area contributed by atoms with Crippen LogP contribution in [0, 0.1) is 13.8 Å². The van der Waals surface area contributed by atoms with Gasteiger partial charge in [0.1, 0.15) is 0 Å². The van der Waals surface area contributed by atoms with Crippen molar-refractivity contribution in [3.05, 3.63) is 51.2 Å². The molecule has 0 atom stereocenters. The number of benzene rings is 1. The Hall–Kier alpha value is -1.81. The van der Waals surface area contributed by atoms with Crippen LogP contribution in [0.5, 0.6) is 0 Å². The van der Waals surface area contributed by atoms with Gasteiger partial charge in [0.15, 0.2) is 0 Å². The fraction of sp³-hybridized carbons (Fsp3) is 0.214. The quantitative estimate of drug-likeness (QED) is 0.834. The molecule has 4 heteroatoms. The lowest BCUT2D eigenvalue weighted by atomic mass is 10.1. The highest BCUT2D eigenvalue weighted by Crippen LogP contribution is 2.16. The number of carbonyl (C=O) groups is 1. The highest BCUT2D eigenvalue weighted by Gasteiger charge is 2.10. The van der Waals surface area contributed by atoms with Crippen molar-refractivity contribution in [3.8, 4) is 0 Å². The maximum Gasteiger partial charge on any atom is 0.252 e. The molecule has 1 aromatic heterocycles. The summed E-state index contributed by atoms with van der Waals surface area (Å²) in [5.74, 6) is -0.0319. The standard InChI is InChI=1S/C14H16N2OS/c1-9-7-18-8-12(9)14(17)16-6-11-4-3-5-13(15)10(11)2/h3-5,7-8H,6,15H2,1-2H3,(H,16,17). The largest absolute Gasteiger partial charge is 0.399 e. The van der Waals surface area contributed by atoms with Gasteiger partial charge in [-0.05, 0) is 42.0 Å². The molecule has 2 rings (SSSR count). The molecule has 0 spiro atoms. The van der Waals surface area contributed by atoms with Crippen LogP contribution in [0.4, 0.5) is 5.69 Å². The molecule has 1 heterocycles. The number of amides is 1. The zero-order valence-electron chi connectivity index (χ0n) is 10.5. The zero-order valence-corrected chi connectivity index (χ0v) is 11.3. The van der Waals surface area contributed by atoms with E-state index in [1.807, 2.05) is 42.8 Å². The summed E-state index contributed by atoms with van der Waals surface area (Å²) in [7, 11) is 0. The Bertz CT molecular complexity index is 575. The van der Waals surface area contributed by atoms with Crippen LogP contribution in [-0.4, -0.2) is 5.91 Å². The molecule has 0 aliphatic heterocycles. The van der Waals surface area contributed by atoms with Crippen LogP contribution in [-0.2, 0) is 6.54 Å². The smallest absolute Gasteiger partial charge is 0.252 e. The molecule has 0 fully saturated rings. The summed E-state index contributed by atoms with van der Waals surface area (Å²) in [6.45, 7) is 4.41. The van der Waals surface area contributed by atoms with Gasteiger partial charge >= 0.3 is 0 Å². The van der Waals surface area contributed by atoms with Gasteiger partial charge < -0.3 is 11.1 Å². The molecule has 94 valence electrons. The van der Waals surface area contributed by atoms with Gasteiger partial charge in [-0.3, -0.25) is 4.79 Å². The maximum absolute atomic E-state index is 12.0.